The number of fused-ring (bicyclic) bond motifs is 3. The molecule has 2 aromatic carbocycles. The predicted molar refractivity (Wildman–Crippen MR) is 111 cm³/mol. The smallest absolute Gasteiger partial charge is 0.291 e. The molecule has 2 aromatic heterocycles. The Morgan fingerprint density at radius 1 is 1.17 bits per heavy atom. The fourth-order valence-corrected chi connectivity index (χ4v) is 3.53. The van der Waals surface area contributed by atoms with Gasteiger partial charge in [0.25, 0.3) is 5.56 Å². The predicted octanol–water partition coefficient (Wildman–Crippen LogP) is 2.81. The number of hydrogen-bond donors (Lipinski definition) is 1. The van der Waals surface area contributed by atoms with Gasteiger partial charge in [-0.3, -0.25) is 14.0 Å². The fourth-order valence-electron chi connectivity index (χ4n) is 3.53. The van der Waals surface area contributed by atoms with Gasteiger partial charge in [-0.25, -0.2) is 9.07 Å². The molecular formula is C22H21FN4O3. The summed E-state index contributed by atoms with van der Waals surface area (Å²) in [7, 11) is 0. The first-order valence-corrected chi connectivity index (χ1v) is 9.63. The third kappa shape index (κ3) is 3.63. The highest BCUT2D eigenvalue weighted by Crippen LogP contribution is 2.20. The van der Waals surface area contributed by atoms with Crippen molar-refractivity contribution in [1.29, 1.82) is 0 Å². The van der Waals surface area contributed by atoms with Crippen LogP contribution in [0.2, 0.25) is 0 Å². The molecule has 2 heterocycles. The number of para-hydroxylation sites is 1. The van der Waals surface area contributed by atoms with E-state index < -0.39 is 5.56 Å². The van der Waals surface area contributed by atoms with Gasteiger partial charge >= 0.3 is 0 Å². The van der Waals surface area contributed by atoms with E-state index in [-0.39, 0.29) is 24.8 Å². The Morgan fingerprint density at radius 3 is 2.77 bits per heavy atom. The van der Waals surface area contributed by atoms with Crippen molar-refractivity contribution < 1.29 is 13.9 Å². The molecule has 0 bridgehead atoms. The molecule has 4 rings (SSSR count). The van der Waals surface area contributed by atoms with Gasteiger partial charge in [-0.2, -0.15) is 5.10 Å². The number of benzene rings is 2. The first kappa shape index (κ1) is 19.6. The maximum atomic E-state index is 13.5. The van der Waals surface area contributed by atoms with E-state index in [1.807, 2.05) is 31.2 Å². The third-order valence-corrected chi connectivity index (χ3v) is 4.85. The van der Waals surface area contributed by atoms with Crippen LogP contribution in [-0.2, 0) is 17.9 Å². The second kappa shape index (κ2) is 7.98. The molecule has 0 atom stereocenters. The lowest BCUT2D eigenvalue weighted by Crippen LogP contribution is -2.34. The van der Waals surface area contributed by atoms with E-state index in [1.54, 1.807) is 23.5 Å². The van der Waals surface area contributed by atoms with Crippen LogP contribution in [0.1, 0.15) is 18.3 Å². The number of hydrogen-bond acceptors (Lipinski definition) is 4. The Kier molecular flexibility index (Phi) is 5.22. The molecular weight excluding hydrogens is 387 g/mol. The molecule has 30 heavy (non-hydrogen) atoms. The number of aryl methyl sites for hydroxylation is 1. The summed E-state index contributed by atoms with van der Waals surface area (Å²) < 4.78 is 21.9. The average Bonchev–Trinajstić information content (AvgIpc) is 3.10. The van der Waals surface area contributed by atoms with Crippen LogP contribution in [0.5, 0.6) is 5.75 Å². The van der Waals surface area contributed by atoms with Crippen LogP contribution in [-0.4, -0.2) is 26.7 Å². The van der Waals surface area contributed by atoms with Crippen molar-refractivity contribution in [3.63, 3.8) is 0 Å². The molecule has 8 heteroatoms. The van der Waals surface area contributed by atoms with Gasteiger partial charge < -0.3 is 10.1 Å². The summed E-state index contributed by atoms with van der Waals surface area (Å²) in [5.41, 5.74) is 1.47. The number of carbonyl (C=O) groups is 1. The minimum absolute atomic E-state index is 0.219. The fraction of sp³-hybridized carbons (Fsp3) is 0.227. The van der Waals surface area contributed by atoms with Crippen LogP contribution < -0.4 is 15.6 Å². The average molecular weight is 408 g/mol. The van der Waals surface area contributed by atoms with Crippen molar-refractivity contribution in [2.45, 2.75) is 26.9 Å². The molecule has 1 N–H and O–H groups in total. The second-order valence-corrected chi connectivity index (χ2v) is 6.90. The van der Waals surface area contributed by atoms with Gasteiger partial charge in [0.1, 0.15) is 29.5 Å². The molecule has 0 unspecified atom stereocenters. The molecule has 0 spiro atoms. The summed E-state index contributed by atoms with van der Waals surface area (Å²) in [6, 6.07) is 13.4. The monoisotopic (exact) mass is 408 g/mol. The van der Waals surface area contributed by atoms with E-state index in [0.717, 1.165) is 10.2 Å². The Labute approximate surface area is 171 Å². The number of ether oxygens (including phenoxy) is 1. The van der Waals surface area contributed by atoms with E-state index in [1.165, 1.54) is 12.1 Å². The maximum absolute atomic E-state index is 13.5. The largest absolute Gasteiger partial charge is 0.494 e. The van der Waals surface area contributed by atoms with Crippen molar-refractivity contribution in [2.24, 2.45) is 0 Å². The van der Waals surface area contributed by atoms with Gasteiger partial charge in [0.05, 0.1) is 12.1 Å². The Balaban J connectivity index is 1.58. The van der Waals surface area contributed by atoms with Crippen LogP contribution in [0.15, 0.2) is 53.3 Å². The minimum Gasteiger partial charge on any atom is -0.494 e. The molecule has 0 saturated carbocycles. The van der Waals surface area contributed by atoms with E-state index in [0.29, 0.717) is 34.6 Å². The summed E-state index contributed by atoms with van der Waals surface area (Å²) in [5, 5.41) is 7.68. The number of rotatable bonds is 6. The number of carbonyl (C=O) groups excluding carboxylic acids is 1. The molecule has 0 aliphatic rings. The molecule has 7 nitrogen and oxygen atoms in total. The lowest BCUT2D eigenvalue weighted by atomic mass is 10.2. The zero-order valence-corrected chi connectivity index (χ0v) is 16.7. The van der Waals surface area contributed by atoms with Crippen molar-refractivity contribution in [3.8, 4) is 5.75 Å². The van der Waals surface area contributed by atoms with Crippen molar-refractivity contribution in [2.75, 3.05) is 6.61 Å². The molecule has 0 aliphatic carbocycles. The van der Waals surface area contributed by atoms with Crippen molar-refractivity contribution in [1.82, 2.24) is 19.5 Å². The molecule has 4 aromatic rings. The summed E-state index contributed by atoms with van der Waals surface area (Å²) in [6.45, 7) is 4.22. The minimum atomic E-state index is -0.415. The molecule has 0 aliphatic heterocycles. The Hall–Kier alpha value is -3.68. The lowest BCUT2D eigenvalue weighted by Gasteiger charge is -2.12. The van der Waals surface area contributed by atoms with E-state index in [4.69, 9.17) is 4.74 Å². The van der Waals surface area contributed by atoms with Gasteiger partial charge in [0.15, 0.2) is 0 Å². The zero-order chi connectivity index (χ0) is 21.3. The number of nitrogens with zero attached hydrogens (tertiary/aromatic N) is 3. The second-order valence-electron chi connectivity index (χ2n) is 6.90. The molecule has 0 saturated heterocycles. The highest BCUT2D eigenvalue weighted by molar-refractivity contribution is 5.87. The lowest BCUT2D eigenvalue weighted by molar-refractivity contribution is -0.122. The van der Waals surface area contributed by atoms with E-state index in [9.17, 15) is 14.0 Å². The first-order valence-electron chi connectivity index (χ1n) is 9.63. The summed E-state index contributed by atoms with van der Waals surface area (Å²) >= 11 is 0. The normalized spacial score (nSPS) is 11.2. The Morgan fingerprint density at radius 2 is 1.97 bits per heavy atom. The van der Waals surface area contributed by atoms with Gasteiger partial charge in [0.2, 0.25) is 5.91 Å². The van der Waals surface area contributed by atoms with Crippen LogP contribution >= 0.6 is 0 Å². The standard InChI is InChI=1S/C22H21FN4O3/c1-3-30-20-7-5-4-6-15(20)12-24-21(28)13-26-22(29)19-11-16-10-17(23)8-9-18(16)27(19)14(2)25-26/h4-11H,3,12-13H2,1-2H3,(H,24,28). The molecule has 0 fully saturated rings. The van der Waals surface area contributed by atoms with Crippen LogP contribution in [0.4, 0.5) is 4.39 Å². The van der Waals surface area contributed by atoms with E-state index in [2.05, 4.69) is 10.4 Å². The quantitative estimate of drug-likeness (QED) is 0.532. The molecule has 0 radical (unpaired) electrons. The number of nitrogens with one attached hydrogen (secondary N) is 1. The maximum Gasteiger partial charge on any atom is 0.291 e. The number of aromatic nitrogens is 3. The molecule has 1 amide bonds. The highest BCUT2D eigenvalue weighted by Gasteiger charge is 2.15. The zero-order valence-electron chi connectivity index (χ0n) is 16.7. The van der Waals surface area contributed by atoms with Gasteiger partial charge in [-0.15, -0.1) is 0 Å². The van der Waals surface area contributed by atoms with Crippen molar-refractivity contribution in [3.05, 3.63) is 76.1 Å². The first-order chi connectivity index (χ1) is 14.5. The van der Waals surface area contributed by atoms with Gasteiger partial charge in [-0.1, -0.05) is 18.2 Å². The third-order valence-electron chi connectivity index (χ3n) is 4.85. The van der Waals surface area contributed by atoms with E-state index >= 15 is 0 Å². The summed E-state index contributed by atoms with van der Waals surface area (Å²) in [6.07, 6.45) is 0. The van der Waals surface area contributed by atoms with Gasteiger partial charge in [0, 0.05) is 17.5 Å². The van der Waals surface area contributed by atoms with Crippen molar-refractivity contribution >= 4 is 22.3 Å². The van der Waals surface area contributed by atoms with Crippen LogP contribution in [0.25, 0.3) is 16.4 Å². The SMILES string of the molecule is CCOc1ccccc1CNC(=O)Cn1nc(C)n2c(cc3cc(F)ccc32)c1=O. The molecule has 154 valence electrons. The Bertz CT molecular complexity index is 1310. The number of amides is 1. The van der Waals surface area contributed by atoms with Crippen LogP contribution in [0.3, 0.4) is 0 Å². The number of halogens is 1. The summed E-state index contributed by atoms with van der Waals surface area (Å²) in [5.74, 6) is 0.513. The summed E-state index contributed by atoms with van der Waals surface area (Å²) in [4.78, 5) is 25.3. The van der Waals surface area contributed by atoms with Gasteiger partial charge in [-0.05, 0) is 44.2 Å². The van der Waals surface area contributed by atoms with Crippen LogP contribution in [0, 0.1) is 12.7 Å². The topological polar surface area (TPSA) is 77.6 Å². The highest BCUT2D eigenvalue weighted by atomic mass is 19.1.